The largest absolute Gasteiger partial charge is 0.399 e. The van der Waals surface area contributed by atoms with E-state index >= 15 is 0 Å². The summed E-state index contributed by atoms with van der Waals surface area (Å²) in [5, 5.41) is 6.28. The van der Waals surface area contributed by atoms with Gasteiger partial charge in [-0.1, -0.05) is 23.7 Å². The van der Waals surface area contributed by atoms with E-state index in [0.29, 0.717) is 12.2 Å². The van der Waals surface area contributed by atoms with Crippen molar-refractivity contribution >= 4 is 28.9 Å². The lowest BCUT2D eigenvalue weighted by atomic mass is 10.2. The topological polar surface area (TPSA) is 116 Å². The number of benzene rings is 1. The smallest absolute Gasteiger partial charge is 0.288 e. The molecule has 1 heterocycles. The van der Waals surface area contributed by atoms with Crippen LogP contribution in [0.25, 0.3) is 0 Å². The number of halogens is 1. The van der Waals surface area contributed by atoms with Gasteiger partial charge in [-0.05, 0) is 17.7 Å². The summed E-state index contributed by atoms with van der Waals surface area (Å²) in [6.45, 7) is 0.0719. The maximum absolute atomic E-state index is 11.8. The van der Waals surface area contributed by atoms with Gasteiger partial charge in [0.25, 0.3) is 5.56 Å². The first kappa shape index (κ1) is 14.9. The second kappa shape index (κ2) is 6.27. The molecule has 0 spiro atoms. The number of aromatic nitrogens is 2. The van der Waals surface area contributed by atoms with Gasteiger partial charge in [0.2, 0.25) is 5.91 Å². The lowest BCUT2D eigenvalue weighted by molar-refractivity contribution is -0.122. The van der Waals surface area contributed by atoms with E-state index in [2.05, 4.69) is 10.4 Å². The Kier molecular flexibility index (Phi) is 4.44. The Morgan fingerprint density at radius 3 is 2.86 bits per heavy atom. The second-order valence-corrected chi connectivity index (χ2v) is 4.78. The van der Waals surface area contributed by atoms with Gasteiger partial charge in [-0.15, -0.1) is 0 Å². The maximum Gasteiger partial charge on any atom is 0.288 e. The van der Waals surface area contributed by atoms with E-state index in [1.54, 1.807) is 18.2 Å². The van der Waals surface area contributed by atoms with Crippen LogP contribution < -0.4 is 22.3 Å². The van der Waals surface area contributed by atoms with Crippen molar-refractivity contribution in [2.75, 3.05) is 11.5 Å². The Morgan fingerprint density at radius 2 is 2.14 bits per heavy atom. The summed E-state index contributed by atoms with van der Waals surface area (Å²) in [6, 6.07) is 7.14. The lowest BCUT2D eigenvalue weighted by Crippen LogP contribution is -2.33. The molecule has 0 radical (unpaired) electrons. The van der Waals surface area contributed by atoms with Crippen LogP contribution >= 0.6 is 11.6 Å². The third-order valence-electron chi connectivity index (χ3n) is 2.75. The molecule has 1 aromatic carbocycles. The summed E-state index contributed by atoms with van der Waals surface area (Å²) in [5.74, 6) is -0.368. The van der Waals surface area contributed by atoms with E-state index in [1.165, 1.54) is 6.20 Å². The van der Waals surface area contributed by atoms with Crippen LogP contribution in [0.3, 0.4) is 0 Å². The van der Waals surface area contributed by atoms with Gasteiger partial charge in [0, 0.05) is 12.2 Å². The number of carbonyl (C=O) groups excluding carboxylic acids is 1. The molecule has 2 rings (SSSR count). The number of amides is 1. The van der Waals surface area contributed by atoms with Crippen molar-refractivity contribution in [1.82, 2.24) is 15.1 Å². The molecule has 0 unspecified atom stereocenters. The van der Waals surface area contributed by atoms with Gasteiger partial charge in [-0.2, -0.15) is 5.10 Å². The molecule has 0 atom stereocenters. The Bertz CT molecular complexity index is 729. The van der Waals surface area contributed by atoms with Gasteiger partial charge in [0.05, 0.1) is 11.9 Å². The average Bonchev–Trinajstić information content (AvgIpc) is 2.46. The molecule has 0 bridgehead atoms. The van der Waals surface area contributed by atoms with Crippen LogP contribution in [0.2, 0.25) is 5.02 Å². The van der Waals surface area contributed by atoms with Gasteiger partial charge in [0.15, 0.2) is 0 Å². The van der Waals surface area contributed by atoms with E-state index < -0.39 is 5.56 Å². The van der Waals surface area contributed by atoms with Crippen LogP contribution in [0.5, 0.6) is 0 Å². The van der Waals surface area contributed by atoms with Gasteiger partial charge < -0.3 is 16.8 Å². The predicted octanol–water partition coefficient (Wildman–Crippen LogP) is 0.377. The minimum Gasteiger partial charge on any atom is -0.399 e. The molecule has 1 amide bonds. The van der Waals surface area contributed by atoms with Crippen molar-refractivity contribution in [2.45, 2.75) is 13.1 Å². The van der Waals surface area contributed by atoms with Crippen molar-refractivity contribution < 1.29 is 4.79 Å². The highest BCUT2D eigenvalue weighted by Crippen LogP contribution is 2.09. The van der Waals surface area contributed by atoms with Gasteiger partial charge in [-0.25, -0.2) is 4.68 Å². The van der Waals surface area contributed by atoms with Crippen molar-refractivity contribution in [1.29, 1.82) is 0 Å². The molecule has 8 heteroatoms. The van der Waals surface area contributed by atoms with Crippen molar-refractivity contribution in [2.24, 2.45) is 0 Å². The standard InChI is InChI=1S/C13H14ClN5O2/c14-12-10(16)6-18-19(13(12)21)7-11(20)17-5-8-2-1-3-9(15)4-8/h1-4,6H,5,7,15-16H2,(H,17,20). The van der Waals surface area contributed by atoms with Crippen LogP contribution in [-0.2, 0) is 17.9 Å². The monoisotopic (exact) mass is 307 g/mol. The number of nitrogen functional groups attached to an aromatic ring is 2. The molecule has 5 N–H and O–H groups in total. The van der Waals surface area contributed by atoms with Gasteiger partial charge in [0.1, 0.15) is 11.6 Å². The second-order valence-electron chi connectivity index (χ2n) is 4.40. The van der Waals surface area contributed by atoms with E-state index in [-0.39, 0.29) is 23.2 Å². The summed E-state index contributed by atoms with van der Waals surface area (Å²) in [6.07, 6.45) is 1.23. The number of nitrogens with one attached hydrogen (secondary N) is 1. The number of carbonyl (C=O) groups is 1. The molecule has 0 aliphatic carbocycles. The molecular weight excluding hydrogens is 294 g/mol. The molecule has 7 nitrogen and oxygen atoms in total. The highest BCUT2D eigenvalue weighted by Gasteiger charge is 2.10. The summed E-state index contributed by atoms with van der Waals surface area (Å²) in [7, 11) is 0. The lowest BCUT2D eigenvalue weighted by Gasteiger charge is -2.08. The van der Waals surface area contributed by atoms with Crippen LogP contribution in [0, 0.1) is 0 Å². The Hall–Kier alpha value is -2.54. The molecule has 2 aromatic rings. The zero-order chi connectivity index (χ0) is 15.4. The zero-order valence-corrected chi connectivity index (χ0v) is 11.8. The minimum absolute atomic E-state index is 0.0816. The number of hydrogen-bond acceptors (Lipinski definition) is 5. The maximum atomic E-state index is 11.8. The fourth-order valence-corrected chi connectivity index (χ4v) is 1.83. The third kappa shape index (κ3) is 3.73. The van der Waals surface area contributed by atoms with E-state index in [1.807, 2.05) is 6.07 Å². The van der Waals surface area contributed by atoms with Gasteiger partial charge >= 0.3 is 0 Å². The molecule has 1 aromatic heterocycles. The van der Waals surface area contributed by atoms with Crippen molar-refractivity contribution in [3.63, 3.8) is 0 Å². The fourth-order valence-electron chi connectivity index (χ4n) is 1.69. The van der Waals surface area contributed by atoms with Crippen LogP contribution in [-0.4, -0.2) is 15.7 Å². The minimum atomic E-state index is -0.601. The number of nitrogens with zero attached hydrogens (tertiary/aromatic N) is 2. The highest BCUT2D eigenvalue weighted by molar-refractivity contribution is 6.32. The molecule has 0 aliphatic heterocycles. The first-order valence-electron chi connectivity index (χ1n) is 6.09. The molecular formula is C13H14ClN5O2. The first-order chi connectivity index (χ1) is 9.97. The average molecular weight is 308 g/mol. The summed E-state index contributed by atoms with van der Waals surface area (Å²) < 4.78 is 0.952. The number of anilines is 2. The number of rotatable bonds is 4. The van der Waals surface area contributed by atoms with Crippen molar-refractivity contribution in [3.05, 3.63) is 51.4 Å². The Morgan fingerprint density at radius 1 is 1.38 bits per heavy atom. The quantitative estimate of drug-likeness (QED) is 0.706. The van der Waals surface area contributed by atoms with Crippen LogP contribution in [0.15, 0.2) is 35.3 Å². The zero-order valence-electron chi connectivity index (χ0n) is 11.0. The first-order valence-corrected chi connectivity index (χ1v) is 6.47. The molecule has 0 fully saturated rings. The Balaban J connectivity index is 1.99. The summed E-state index contributed by atoms with van der Waals surface area (Å²) >= 11 is 5.71. The van der Waals surface area contributed by atoms with E-state index in [0.717, 1.165) is 10.2 Å². The van der Waals surface area contributed by atoms with Gasteiger partial charge in [-0.3, -0.25) is 9.59 Å². The number of hydrogen-bond donors (Lipinski definition) is 3. The molecule has 0 saturated heterocycles. The molecule has 0 aliphatic rings. The van der Waals surface area contributed by atoms with E-state index in [9.17, 15) is 9.59 Å². The normalized spacial score (nSPS) is 10.3. The number of nitrogens with two attached hydrogens (primary N) is 2. The van der Waals surface area contributed by atoms with Crippen LogP contribution in [0.4, 0.5) is 11.4 Å². The molecule has 0 saturated carbocycles. The fraction of sp³-hybridized carbons (Fsp3) is 0.154. The van der Waals surface area contributed by atoms with Crippen LogP contribution in [0.1, 0.15) is 5.56 Å². The molecule has 110 valence electrons. The molecule has 21 heavy (non-hydrogen) atoms. The highest BCUT2D eigenvalue weighted by atomic mass is 35.5. The third-order valence-corrected chi connectivity index (χ3v) is 3.13. The Labute approximate surface area is 125 Å². The van der Waals surface area contributed by atoms with E-state index in [4.69, 9.17) is 23.1 Å². The summed E-state index contributed by atoms with van der Waals surface area (Å²) in [5.41, 5.74) is 12.0. The summed E-state index contributed by atoms with van der Waals surface area (Å²) in [4.78, 5) is 23.5. The predicted molar refractivity (Wildman–Crippen MR) is 80.6 cm³/mol. The SMILES string of the molecule is Nc1cccc(CNC(=O)Cn2ncc(N)c(Cl)c2=O)c1. The van der Waals surface area contributed by atoms with Crippen molar-refractivity contribution in [3.8, 4) is 0 Å².